The molecule has 5 nitrogen and oxygen atoms in total. The lowest BCUT2D eigenvalue weighted by Gasteiger charge is -2.23. The second kappa shape index (κ2) is 8.02. The number of nitrogens with one attached hydrogen (secondary N) is 1. The van der Waals surface area contributed by atoms with E-state index in [-0.39, 0.29) is 5.91 Å². The number of hydrogen-bond donors (Lipinski definition) is 1. The summed E-state index contributed by atoms with van der Waals surface area (Å²) < 4.78 is 1.75. The fourth-order valence-electron chi connectivity index (χ4n) is 3.31. The lowest BCUT2D eigenvalue weighted by molar-refractivity contribution is 0.0794. The van der Waals surface area contributed by atoms with E-state index in [1.807, 2.05) is 44.6 Å². The van der Waals surface area contributed by atoms with Gasteiger partial charge in [0.15, 0.2) is 0 Å². The molecule has 1 aliphatic heterocycles. The van der Waals surface area contributed by atoms with Crippen molar-refractivity contribution in [3.05, 3.63) is 52.3 Å². The highest BCUT2D eigenvalue weighted by Gasteiger charge is 2.26. The number of aromatic nitrogens is 2. The Balaban J connectivity index is 1.68. The summed E-state index contributed by atoms with van der Waals surface area (Å²) in [6.07, 6.45) is 4.87. The number of nitrogens with zero attached hydrogens (tertiary/aromatic N) is 3. The maximum atomic E-state index is 12.9. The Labute approximate surface area is 154 Å². The van der Waals surface area contributed by atoms with Crippen LogP contribution in [0.25, 0.3) is 0 Å². The van der Waals surface area contributed by atoms with Gasteiger partial charge in [-0.15, -0.1) is 0 Å². The van der Waals surface area contributed by atoms with Gasteiger partial charge >= 0.3 is 0 Å². The number of aryl methyl sites for hydroxylation is 1. The average Bonchev–Trinajstić information content (AvgIpc) is 3.03. The lowest BCUT2D eigenvalue weighted by Crippen LogP contribution is -2.32. The first-order valence-corrected chi connectivity index (χ1v) is 9.16. The van der Waals surface area contributed by atoms with Gasteiger partial charge in [-0.3, -0.25) is 9.48 Å². The van der Waals surface area contributed by atoms with Gasteiger partial charge < -0.3 is 10.2 Å². The first-order valence-electron chi connectivity index (χ1n) is 8.79. The van der Waals surface area contributed by atoms with E-state index in [0.29, 0.717) is 12.5 Å². The van der Waals surface area contributed by atoms with Gasteiger partial charge in [0, 0.05) is 44.3 Å². The molecule has 3 rings (SSSR count). The molecule has 0 radical (unpaired) electrons. The molecule has 1 atom stereocenters. The Morgan fingerprint density at radius 2 is 2.16 bits per heavy atom. The van der Waals surface area contributed by atoms with Crippen LogP contribution in [-0.2, 0) is 13.5 Å². The van der Waals surface area contributed by atoms with Crippen molar-refractivity contribution in [2.75, 3.05) is 26.7 Å². The predicted molar refractivity (Wildman–Crippen MR) is 100 cm³/mol. The number of amides is 1. The van der Waals surface area contributed by atoms with Crippen molar-refractivity contribution in [1.82, 2.24) is 20.0 Å². The molecule has 1 fully saturated rings. The van der Waals surface area contributed by atoms with Crippen LogP contribution in [0.3, 0.4) is 0 Å². The van der Waals surface area contributed by atoms with Crippen molar-refractivity contribution in [2.24, 2.45) is 7.05 Å². The number of rotatable bonds is 5. The number of hydrogen-bond acceptors (Lipinski definition) is 3. The van der Waals surface area contributed by atoms with E-state index < -0.39 is 0 Å². The summed E-state index contributed by atoms with van der Waals surface area (Å²) in [4.78, 5) is 14.7. The minimum atomic E-state index is 0.0441. The third kappa shape index (κ3) is 4.41. The molecular weight excluding hydrogens is 336 g/mol. The van der Waals surface area contributed by atoms with Crippen LogP contribution in [0.5, 0.6) is 0 Å². The van der Waals surface area contributed by atoms with Crippen molar-refractivity contribution in [3.63, 3.8) is 0 Å². The molecule has 1 aromatic heterocycles. The first kappa shape index (κ1) is 18.0. The number of halogens is 1. The van der Waals surface area contributed by atoms with E-state index in [1.165, 1.54) is 5.56 Å². The number of carbonyl (C=O) groups excluding carboxylic acids is 1. The zero-order valence-corrected chi connectivity index (χ0v) is 15.6. The molecule has 0 spiro atoms. The maximum absolute atomic E-state index is 12.9. The standard InChI is InChI=1S/C19H25ClN4O/c1-23(11-9-14-5-7-16(20)8-6-14)19(25)17-13-24(2)22-18(17)15-4-3-10-21-12-15/h5-8,13,15,21H,3-4,9-12H2,1-2H3. The van der Waals surface area contributed by atoms with Crippen molar-refractivity contribution >= 4 is 17.5 Å². The molecule has 2 heterocycles. The molecule has 6 heteroatoms. The minimum Gasteiger partial charge on any atom is -0.341 e. The summed E-state index contributed by atoms with van der Waals surface area (Å²) in [6, 6.07) is 7.77. The van der Waals surface area contributed by atoms with Gasteiger partial charge in [-0.25, -0.2) is 0 Å². The van der Waals surface area contributed by atoms with Gasteiger partial charge in [0.1, 0.15) is 0 Å². The highest BCUT2D eigenvalue weighted by molar-refractivity contribution is 6.30. The van der Waals surface area contributed by atoms with E-state index in [2.05, 4.69) is 10.4 Å². The highest BCUT2D eigenvalue weighted by Crippen LogP contribution is 2.25. The molecule has 0 bridgehead atoms. The largest absolute Gasteiger partial charge is 0.341 e. The molecule has 0 aliphatic carbocycles. The molecule has 1 saturated heterocycles. The third-order valence-corrected chi connectivity index (χ3v) is 5.02. The van der Waals surface area contributed by atoms with Crippen LogP contribution >= 0.6 is 11.6 Å². The van der Waals surface area contributed by atoms with E-state index in [4.69, 9.17) is 11.6 Å². The second-order valence-electron chi connectivity index (χ2n) is 6.75. The molecule has 25 heavy (non-hydrogen) atoms. The fourth-order valence-corrected chi connectivity index (χ4v) is 3.44. The SMILES string of the molecule is CN(CCc1ccc(Cl)cc1)C(=O)c1cn(C)nc1C1CCCNC1. The van der Waals surface area contributed by atoms with E-state index in [0.717, 1.165) is 48.6 Å². The Morgan fingerprint density at radius 3 is 2.84 bits per heavy atom. The number of likely N-dealkylation sites (N-methyl/N-ethyl adjacent to an activating group) is 1. The van der Waals surface area contributed by atoms with Gasteiger partial charge in [0.25, 0.3) is 5.91 Å². The van der Waals surface area contributed by atoms with Crippen molar-refractivity contribution in [2.45, 2.75) is 25.2 Å². The van der Waals surface area contributed by atoms with Crippen LogP contribution in [0.1, 0.15) is 40.4 Å². The zero-order valence-electron chi connectivity index (χ0n) is 14.8. The van der Waals surface area contributed by atoms with Crippen LogP contribution in [0.4, 0.5) is 0 Å². The minimum absolute atomic E-state index is 0.0441. The fraction of sp³-hybridized carbons (Fsp3) is 0.474. The predicted octanol–water partition coefficient (Wildman–Crippen LogP) is 2.86. The van der Waals surface area contributed by atoms with Gasteiger partial charge in [0.05, 0.1) is 11.3 Å². The summed E-state index contributed by atoms with van der Waals surface area (Å²) in [5.41, 5.74) is 2.83. The highest BCUT2D eigenvalue weighted by atomic mass is 35.5. The van der Waals surface area contributed by atoms with E-state index in [9.17, 15) is 4.79 Å². The molecule has 1 amide bonds. The smallest absolute Gasteiger partial charge is 0.257 e. The van der Waals surface area contributed by atoms with Crippen LogP contribution in [-0.4, -0.2) is 47.3 Å². The second-order valence-corrected chi connectivity index (χ2v) is 7.18. The monoisotopic (exact) mass is 360 g/mol. The summed E-state index contributed by atoms with van der Waals surface area (Å²) in [5, 5.41) is 8.72. The quantitative estimate of drug-likeness (QED) is 0.892. The molecule has 2 aromatic rings. The van der Waals surface area contributed by atoms with Gasteiger partial charge in [-0.05, 0) is 43.5 Å². The topological polar surface area (TPSA) is 50.2 Å². The summed E-state index contributed by atoms with van der Waals surface area (Å²) in [6.45, 7) is 2.61. The summed E-state index contributed by atoms with van der Waals surface area (Å²) in [5.74, 6) is 0.362. The summed E-state index contributed by atoms with van der Waals surface area (Å²) in [7, 11) is 3.73. The molecule has 1 unspecified atom stereocenters. The molecule has 1 aromatic carbocycles. The van der Waals surface area contributed by atoms with Gasteiger partial charge in [-0.2, -0.15) is 5.10 Å². The lowest BCUT2D eigenvalue weighted by atomic mass is 9.93. The number of benzene rings is 1. The molecule has 1 aliphatic rings. The van der Waals surface area contributed by atoms with Crippen LogP contribution < -0.4 is 5.32 Å². The van der Waals surface area contributed by atoms with Crippen molar-refractivity contribution in [1.29, 1.82) is 0 Å². The van der Waals surface area contributed by atoms with E-state index in [1.54, 1.807) is 9.58 Å². The van der Waals surface area contributed by atoms with Crippen molar-refractivity contribution < 1.29 is 4.79 Å². The Bertz CT molecular complexity index is 720. The van der Waals surface area contributed by atoms with Crippen LogP contribution in [0.15, 0.2) is 30.5 Å². The first-order chi connectivity index (χ1) is 12.0. The van der Waals surface area contributed by atoms with Crippen LogP contribution in [0.2, 0.25) is 5.02 Å². The van der Waals surface area contributed by atoms with Crippen LogP contribution in [0, 0.1) is 0 Å². The average molecular weight is 361 g/mol. The van der Waals surface area contributed by atoms with Gasteiger partial charge in [-0.1, -0.05) is 23.7 Å². The normalized spacial score (nSPS) is 17.5. The number of carbonyl (C=O) groups is 1. The van der Waals surface area contributed by atoms with E-state index >= 15 is 0 Å². The molecular formula is C19H25ClN4O. The third-order valence-electron chi connectivity index (χ3n) is 4.77. The Hall–Kier alpha value is -1.85. The Morgan fingerprint density at radius 1 is 1.40 bits per heavy atom. The maximum Gasteiger partial charge on any atom is 0.257 e. The molecule has 134 valence electrons. The van der Waals surface area contributed by atoms with Crippen molar-refractivity contribution in [3.8, 4) is 0 Å². The summed E-state index contributed by atoms with van der Waals surface area (Å²) >= 11 is 5.92. The van der Waals surface area contributed by atoms with Gasteiger partial charge in [0.2, 0.25) is 0 Å². The Kier molecular flexibility index (Phi) is 5.76. The molecule has 0 saturated carbocycles. The molecule has 1 N–H and O–H groups in total. The number of piperidine rings is 1. The zero-order chi connectivity index (χ0) is 17.8.